The number of hydrogen-bond donors (Lipinski definition) is 0. The van der Waals surface area contributed by atoms with Crippen molar-refractivity contribution in [2.45, 2.75) is 49.6 Å². The Morgan fingerprint density at radius 2 is 1.38 bits per heavy atom. The minimum absolute atomic E-state index is 0.254. The summed E-state index contributed by atoms with van der Waals surface area (Å²) in [6.07, 6.45) is -3.56. The minimum atomic E-state index is -1.08. The summed E-state index contributed by atoms with van der Waals surface area (Å²) < 4.78 is 46.9. The van der Waals surface area contributed by atoms with E-state index in [9.17, 15) is 18.4 Å². The second-order valence-electron chi connectivity index (χ2n) is 6.10. The molecule has 0 radical (unpaired) electrons. The SMILES string of the molecule is COC(=O)C1=C(Br)[C@@H]2C[C@H](F)[C@H]1O2.COC(=O)C1=C(Br)[C@H]2O[C@@H]1C[C@H]2F. The molecule has 2 saturated heterocycles. The number of alkyl halides is 2. The molecule has 0 aliphatic carbocycles. The molecular formula is C16H16Br2F2O6. The molecule has 0 N–H and O–H groups in total. The molecule has 4 aliphatic heterocycles. The van der Waals surface area contributed by atoms with E-state index in [2.05, 4.69) is 41.3 Å². The second-order valence-corrected chi connectivity index (χ2v) is 7.81. The molecule has 0 unspecified atom stereocenters. The Labute approximate surface area is 165 Å². The molecule has 0 aromatic carbocycles. The topological polar surface area (TPSA) is 71.1 Å². The van der Waals surface area contributed by atoms with Gasteiger partial charge < -0.3 is 18.9 Å². The molecule has 0 aromatic rings. The zero-order chi connectivity index (χ0) is 19.2. The van der Waals surface area contributed by atoms with Gasteiger partial charge in [-0.15, -0.1) is 0 Å². The highest BCUT2D eigenvalue weighted by atomic mass is 79.9. The highest BCUT2D eigenvalue weighted by Gasteiger charge is 2.50. The Morgan fingerprint density at radius 3 is 1.88 bits per heavy atom. The van der Waals surface area contributed by atoms with Gasteiger partial charge in [0.1, 0.15) is 24.6 Å². The van der Waals surface area contributed by atoms with Crippen LogP contribution in [0.1, 0.15) is 12.8 Å². The molecule has 6 nitrogen and oxygen atoms in total. The van der Waals surface area contributed by atoms with Gasteiger partial charge in [0.05, 0.1) is 37.6 Å². The van der Waals surface area contributed by atoms with Gasteiger partial charge >= 0.3 is 11.9 Å². The number of hydrogen-bond acceptors (Lipinski definition) is 6. The van der Waals surface area contributed by atoms with E-state index in [1.807, 2.05) is 0 Å². The lowest BCUT2D eigenvalue weighted by Gasteiger charge is -2.13. The van der Waals surface area contributed by atoms with Crippen molar-refractivity contribution in [1.82, 2.24) is 0 Å². The Kier molecular flexibility index (Phi) is 5.86. The van der Waals surface area contributed by atoms with Crippen LogP contribution in [0.5, 0.6) is 0 Å². The van der Waals surface area contributed by atoms with Gasteiger partial charge in [0, 0.05) is 21.8 Å². The number of halogens is 4. The predicted molar refractivity (Wildman–Crippen MR) is 92.3 cm³/mol. The summed E-state index contributed by atoms with van der Waals surface area (Å²) in [5.41, 5.74) is 0.729. The standard InChI is InChI=1S/2C8H8BrFO3/c1-12-8(11)5-6(9)4-2-3(10)7(5)13-4;1-12-8(11)5-4-2-3(10)7(13-4)6(5)9/h2*3-4,7H,2H2,1H3/t2*3-,4-,7+/m01/s1. The first kappa shape index (κ1) is 19.9. The van der Waals surface area contributed by atoms with Crippen molar-refractivity contribution in [2.24, 2.45) is 0 Å². The maximum atomic E-state index is 13.2. The fourth-order valence-corrected chi connectivity index (χ4v) is 4.88. The number of carbonyl (C=O) groups is 2. The third-order valence-corrected chi connectivity index (χ3v) is 6.44. The molecule has 0 spiro atoms. The lowest BCUT2D eigenvalue weighted by atomic mass is 9.98. The van der Waals surface area contributed by atoms with Gasteiger partial charge in [-0.05, 0) is 0 Å². The van der Waals surface area contributed by atoms with Crippen LogP contribution in [0.15, 0.2) is 20.1 Å². The van der Waals surface area contributed by atoms with Crippen LogP contribution in [-0.4, -0.2) is 62.9 Å². The van der Waals surface area contributed by atoms with Gasteiger partial charge in [0.2, 0.25) is 0 Å². The lowest BCUT2D eigenvalue weighted by Crippen LogP contribution is -2.26. The summed E-state index contributed by atoms with van der Waals surface area (Å²) >= 11 is 6.38. The van der Waals surface area contributed by atoms with Crippen LogP contribution in [0, 0.1) is 0 Å². The Bertz CT molecular complexity index is 694. The molecule has 4 rings (SSSR count). The first-order chi connectivity index (χ1) is 12.3. The Morgan fingerprint density at radius 1 is 0.885 bits per heavy atom. The second kappa shape index (κ2) is 7.65. The van der Waals surface area contributed by atoms with E-state index >= 15 is 0 Å². The minimum Gasteiger partial charge on any atom is -0.466 e. The van der Waals surface area contributed by atoms with E-state index in [1.54, 1.807) is 0 Å². The first-order valence-electron chi connectivity index (χ1n) is 7.84. The van der Waals surface area contributed by atoms with E-state index in [-0.39, 0.29) is 12.5 Å². The molecule has 4 aliphatic rings. The summed E-state index contributed by atoms with van der Waals surface area (Å²) in [5, 5.41) is 0. The van der Waals surface area contributed by atoms with Crippen LogP contribution in [-0.2, 0) is 28.5 Å². The largest absolute Gasteiger partial charge is 0.466 e. The van der Waals surface area contributed by atoms with Gasteiger partial charge in [-0.3, -0.25) is 0 Å². The molecule has 2 fully saturated rings. The number of rotatable bonds is 2. The van der Waals surface area contributed by atoms with E-state index in [0.29, 0.717) is 26.5 Å². The van der Waals surface area contributed by atoms with Crippen molar-refractivity contribution >= 4 is 43.8 Å². The highest BCUT2D eigenvalue weighted by Crippen LogP contribution is 2.44. The molecular weight excluding hydrogens is 486 g/mol. The average molecular weight is 502 g/mol. The van der Waals surface area contributed by atoms with Crippen LogP contribution >= 0.6 is 31.9 Å². The zero-order valence-electron chi connectivity index (χ0n) is 13.8. The van der Waals surface area contributed by atoms with Gasteiger partial charge in [0.25, 0.3) is 0 Å². The average Bonchev–Trinajstić information content (AvgIpc) is 3.33. The van der Waals surface area contributed by atoms with Crippen molar-refractivity contribution in [3.63, 3.8) is 0 Å². The first-order valence-corrected chi connectivity index (χ1v) is 9.43. The summed E-state index contributed by atoms with van der Waals surface area (Å²) in [4.78, 5) is 22.4. The number of methoxy groups -OCH3 is 2. The molecule has 0 amide bonds. The number of esters is 2. The molecule has 144 valence electrons. The lowest BCUT2D eigenvalue weighted by molar-refractivity contribution is -0.138. The van der Waals surface area contributed by atoms with E-state index in [0.717, 1.165) is 0 Å². The third kappa shape index (κ3) is 3.25. The van der Waals surface area contributed by atoms with E-state index < -0.39 is 42.6 Å². The normalized spacial score (nSPS) is 37.0. The van der Waals surface area contributed by atoms with Gasteiger partial charge in [-0.1, -0.05) is 31.9 Å². The van der Waals surface area contributed by atoms with E-state index in [1.165, 1.54) is 14.2 Å². The molecule has 10 heteroatoms. The number of ether oxygens (including phenoxy) is 4. The van der Waals surface area contributed by atoms with Crippen molar-refractivity contribution < 1.29 is 37.3 Å². The van der Waals surface area contributed by atoms with Crippen molar-refractivity contribution in [3.05, 3.63) is 20.1 Å². The maximum Gasteiger partial charge on any atom is 0.337 e. The Hall–Kier alpha value is -0.840. The van der Waals surface area contributed by atoms with Crippen LogP contribution in [0.2, 0.25) is 0 Å². The van der Waals surface area contributed by atoms with Gasteiger partial charge in [0.15, 0.2) is 0 Å². The summed E-state index contributed by atoms with van der Waals surface area (Å²) in [7, 11) is 2.57. The fourth-order valence-electron chi connectivity index (χ4n) is 3.39. The third-order valence-electron chi connectivity index (χ3n) is 4.62. The number of carbonyl (C=O) groups excluding carboxylic acids is 2. The molecule has 6 atom stereocenters. The predicted octanol–water partition coefficient (Wildman–Crippen LogP) is 2.64. The van der Waals surface area contributed by atoms with Crippen molar-refractivity contribution in [1.29, 1.82) is 0 Å². The monoisotopic (exact) mass is 500 g/mol. The molecule has 4 heterocycles. The molecule has 4 bridgehead atoms. The summed E-state index contributed by atoms with van der Waals surface area (Å²) in [6, 6.07) is 0. The molecule has 26 heavy (non-hydrogen) atoms. The molecule has 0 saturated carbocycles. The zero-order valence-corrected chi connectivity index (χ0v) is 17.0. The van der Waals surface area contributed by atoms with Gasteiger partial charge in [-0.2, -0.15) is 0 Å². The maximum absolute atomic E-state index is 13.2. The number of fused-ring (bicyclic) bond motifs is 4. The highest BCUT2D eigenvalue weighted by molar-refractivity contribution is 9.12. The Balaban J connectivity index is 0.000000151. The smallest absolute Gasteiger partial charge is 0.337 e. The van der Waals surface area contributed by atoms with Crippen LogP contribution in [0.3, 0.4) is 0 Å². The molecule has 0 aromatic heterocycles. The quantitative estimate of drug-likeness (QED) is 0.542. The van der Waals surface area contributed by atoms with E-state index in [4.69, 9.17) is 9.47 Å². The van der Waals surface area contributed by atoms with Crippen molar-refractivity contribution in [3.8, 4) is 0 Å². The van der Waals surface area contributed by atoms with Crippen molar-refractivity contribution in [2.75, 3.05) is 14.2 Å². The van der Waals surface area contributed by atoms with Gasteiger partial charge in [-0.25, -0.2) is 18.4 Å². The van der Waals surface area contributed by atoms with Crippen LogP contribution in [0.4, 0.5) is 8.78 Å². The fraction of sp³-hybridized carbons (Fsp3) is 0.625. The van der Waals surface area contributed by atoms with Crippen LogP contribution < -0.4 is 0 Å². The summed E-state index contributed by atoms with van der Waals surface area (Å²) in [5.74, 6) is -0.951. The van der Waals surface area contributed by atoms with Crippen LogP contribution in [0.25, 0.3) is 0 Å². The summed E-state index contributed by atoms with van der Waals surface area (Å²) in [6.45, 7) is 0.